The van der Waals surface area contributed by atoms with E-state index in [1.807, 2.05) is 11.3 Å². The van der Waals surface area contributed by atoms with Crippen molar-refractivity contribution >= 4 is 38.2 Å². The molecule has 5 heteroatoms. The van der Waals surface area contributed by atoms with Crippen molar-refractivity contribution in [3.8, 4) is 10.7 Å². The van der Waals surface area contributed by atoms with Gasteiger partial charge in [-0.05, 0) is 72.4 Å². The number of thiophene rings is 1. The van der Waals surface area contributed by atoms with Crippen LogP contribution in [0.15, 0.2) is 43.0 Å². The molecule has 4 nitrogen and oxygen atoms in total. The maximum atomic E-state index is 6.25. The van der Waals surface area contributed by atoms with E-state index in [4.69, 9.17) is 10.7 Å². The average molecular weight is 443 g/mol. The van der Waals surface area contributed by atoms with E-state index in [1.54, 1.807) is 0 Å². The molecule has 2 aromatic carbocycles. The van der Waals surface area contributed by atoms with Crippen LogP contribution in [-0.2, 0) is 19.4 Å². The summed E-state index contributed by atoms with van der Waals surface area (Å²) < 4.78 is 3.83. The maximum absolute atomic E-state index is 6.25. The Morgan fingerprint density at radius 3 is 2.94 bits per heavy atom. The summed E-state index contributed by atoms with van der Waals surface area (Å²) in [7, 11) is 0. The van der Waals surface area contributed by atoms with Gasteiger partial charge in [-0.1, -0.05) is 31.7 Å². The van der Waals surface area contributed by atoms with Crippen LogP contribution in [0.25, 0.3) is 37.5 Å². The number of aryl methyl sites for hydroxylation is 3. The van der Waals surface area contributed by atoms with Crippen molar-refractivity contribution < 1.29 is 0 Å². The minimum absolute atomic E-state index is 0.244. The fraction of sp³-hybridized carbons (Fsp3) is 0.370. The lowest BCUT2D eigenvalue weighted by Crippen LogP contribution is -2.41. The van der Waals surface area contributed by atoms with Crippen molar-refractivity contribution in [3.05, 3.63) is 59.7 Å². The van der Waals surface area contributed by atoms with Crippen LogP contribution in [0, 0.1) is 0 Å². The molecule has 0 bridgehead atoms. The Morgan fingerprint density at radius 2 is 2.09 bits per heavy atom. The maximum Gasteiger partial charge on any atom is 0.151 e. The third kappa shape index (κ3) is 3.10. The molecule has 0 saturated carbocycles. The zero-order chi connectivity index (χ0) is 21.8. The lowest BCUT2D eigenvalue weighted by molar-refractivity contribution is 0.296. The third-order valence-electron chi connectivity index (χ3n) is 7.18. The smallest absolute Gasteiger partial charge is 0.151 e. The molecule has 4 heterocycles. The first-order valence-corrected chi connectivity index (χ1v) is 12.7. The highest BCUT2D eigenvalue weighted by Gasteiger charge is 2.25. The summed E-state index contributed by atoms with van der Waals surface area (Å²) in [5.74, 6) is 1.14. The van der Waals surface area contributed by atoms with E-state index in [9.17, 15) is 0 Å². The van der Waals surface area contributed by atoms with E-state index in [0.29, 0.717) is 0 Å². The first kappa shape index (κ1) is 20.0. The van der Waals surface area contributed by atoms with Crippen LogP contribution in [0.1, 0.15) is 42.9 Å². The zero-order valence-electron chi connectivity index (χ0n) is 18.7. The van der Waals surface area contributed by atoms with Crippen LogP contribution in [0.5, 0.6) is 0 Å². The molecule has 1 fully saturated rings. The molecule has 0 radical (unpaired) electrons. The van der Waals surface area contributed by atoms with E-state index in [0.717, 1.165) is 68.8 Å². The van der Waals surface area contributed by atoms with Crippen molar-refractivity contribution in [2.45, 2.75) is 51.6 Å². The molecule has 2 aliphatic heterocycles. The molecule has 0 aliphatic carbocycles. The Kier molecular flexibility index (Phi) is 4.85. The molecule has 2 N–H and O–H groups in total. The quantitative estimate of drug-likeness (QED) is 0.433. The molecular weight excluding hydrogens is 412 g/mol. The van der Waals surface area contributed by atoms with Crippen molar-refractivity contribution in [3.63, 3.8) is 0 Å². The summed E-state index contributed by atoms with van der Waals surface area (Å²) >= 11 is 1.89. The fourth-order valence-corrected chi connectivity index (χ4v) is 6.89. The predicted octanol–water partition coefficient (Wildman–Crippen LogP) is 5.82. The third-order valence-corrected chi connectivity index (χ3v) is 8.39. The zero-order valence-corrected chi connectivity index (χ0v) is 19.5. The van der Waals surface area contributed by atoms with Gasteiger partial charge in [-0.25, -0.2) is 4.98 Å². The van der Waals surface area contributed by atoms with Crippen LogP contribution >= 0.6 is 11.3 Å². The highest BCUT2D eigenvalue weighted by molar-refractivity contribution is 7.22. The summed E-state index contributed by atoms with van der Waals surface area (Å²) in [6.07, 6.45) is 5.53. The number of imidazole rings is 1. The molecule has 1 atom stereocenters. The molecule has 2 aromatic heterocycles. The Balaban J connectivity index is 1.50. The molecule has 32 heavy (non-hydrogen) atoms. The summed E-state index contributed by atoms with van der Waals surface area (Å²) in [5.41, 5.74) is 13.8. The number of hydrogen-bond acceptors (Lipinski definition) is 4. The van der Waals surface area contributed by atoms with E-state index < -0.39 is 0 Å². The Bertz CT molecular complexity index is 1340. The van der Waals surface area contributed by atoms with Gasteiger partial charge in [0.05, 0.1) is 15.9 Å². The van der Waals surface area contributed by atoms with E-state index in [1.165, 1.54) is 37.2 Å². The van der Waals surface area contributed by atoms with Gasteiger partial charge < -0.3 is 15.2 Å². The number of rotatable bonds is 4. The highest BCUT2D eigenvalue weighted by Crippen LogP contribution is 2.41. The molecule has 2 aliphatic rings. The molecular formula is C27H30N4S. The molecule has 164 valence electrons. The standard InChI is InChI=1S/C27H30N4S/c1-3-21-22-10-4-5-11-24(22)32-26(21)27-29-23-15-19(14-18-8-6-13-31(27)25(18)23)17(2)30-12-7-9-20(28)16-30/h4-5,10-11,14-15,20H,2-3,6-9,12-13,16,28H2,1H3. The van der Waals surface area contributed by atoms with Crippen LogP contribution < -0.4 is 5.73 Å². The SMILES string of the molecule is C=C(c1cc2c3c(c1)nc(-c1sc4ccccc4c1CC)n3CCC2)N1CCCC(N)C1. The van der Waals surface area contributed by atoms with Gasteiger partial charge in [0.15, 0.2) is 5.82 Å². The number of likely N-dealkylation sites (tertiary alicyclic amines) is 1. The van der Waals surface area contributed by atoms with Gasteiger partial charge in [-0.15, -0.1) is 11.3 Å². The molecule has 1 unspecified atom stereocenters. The summed E-state index contributed by atoms with van der Waals surface area (Å²) in [6.45, 7) is 9.70. The molecule has 0 spiro atoms. The second-order valence-electron chi connectivity index (χ2n) is 9.25. The van der Waals surface area contributed by atoms with Crippen molar-refractivity contribution in [2.24, 2.45) is 5.73 Å². The molecule has 6 rings (SSSR count). The normalized spacial score (nSPS) is 18.6. The summed E-state index contributed by atoms with van der Waals surface area (Å²) in [5, 5.41) is 1.38. The topological polar surface area (TPSA) is 47.1 Å². The monoisotopic (exact) mass is 442 g/mol. The van der Waals surface area contributed by atoms with Crippen LogP contribution in [-0.4, -0.2) is 33.6 Å². The first-order valence-electron chi connectivity index (χ1n) is 11.9. The minimum Gasteiger partial charge on any atom is -0.370 e. The van der Waals surface area contributed by atoms with Crippen LogP contribution in [0.2, 0.25) is 0 Å². The Labute approximate surface area is 193 Å². The Morgan fingerprint density at radius 1 is 1.22 bits per heavy atom. The number of benzene rings is 2. The van der Waals surface area contributed by atoms with Gasteiger partial charge in [0, 0.05) is 36.1 Å². The van der Waals surface area contributed by atoms with E-state index >= 15 is 0 Å². The minimum atomic E-state index is 0.244. The predicted molar refractivity (Wildman–Crippen MR) is 136 cm³/mol. The average Bonchev–Trinajstić information content (AvgIpc) is 3.37. The molecule has 4 aromatic rings. The van der Waals surface area contributed by atoms with Gasteiger partial charge in [0.2, 0.25) is 0 Å². The lowest BCUT2D eigenvalue weighted by Gasteiger charge is -2.34. The second-order valence-corrected chi connectivity index (χ2v) is 10.3. The van der Waals surface area contributed by atoms with Gasteiger partial charge >= 0.3 is 0 Å². The number of piperidine rings is 1. The van der Waals surface area contributed by atoms with Crippen molar-refractivity contribution in [1.29, 1.82) is 0 Å². The number of fused-ring (bicyclic) bond motifs is 1. The summed E-state index contributed by atoms with van der Waals surface area (Å²) in [6, 6.07) is 13.6. The largest absolute Gasteiger partial charge is 0.370 e. The fourth-order valence-electron chi connectivity index (χ4n) is 5.60. The van der Waals surface area contributed by atoms with Gasteiger partial charge in [0.25, 0.3) is 0 Å². The van der Waals surface area contributed by atoms with Crippen molar-refractivity contribution in [1.82, 2.24) is 14.5 Å². The van der Waals surface area contributed by atoms with Gasteiger partial charge in [-0.3, -0.25) is 0 Å². The van der Waals surface area contributed by atoms with Crippen molar-refractivity contribution in [2.75, 3.05) is 13.1 Å². The number of nitrogens with two attached hydrogens (primary N) is 1. The van der Waals surface area contributed by atoms with Crippen LogP contribution in [0.4, 0.5) is 0 Å². The molecule has 1 saturated heterocycles. The van der Waals surface area contributed by atoms with E-state index in [2.05, 4.69) is 59.4 Å². The number of hydrogen-bond donors (Lipinski definition) is 1. The Hall–Kier alpha value is -2.63. The van der Waals surface area contributed by atoms with Crippen LogP contribution in [0.3, 0.4) is 0 Å². The highest BCUT2D eigenvalue weighted by atomic mass is 32.1. The number of aromatic nitrogens is 2. The van der Waals surface area contributed by atoms with Gasteiger partial charge in [0.1, 0.15) is 0 Å². The van der Waals surface area contributed by atoms with E-state index in [-0.39, 0.29) is 6.04 Å². The second kappa shape index (κ2) is 7.75. The molecule has 0 amide bonds. The van der Waals surface area contributed by atoms with Gasteiger partial charge in [-0.2, -0.15) is 0 Å². The number of nitrogens with zero attached hydrogens (tertiary/aromatic N) is 3. The first-order chi connectivity index (χ1) is 15.6. The summed E-state index contributed by atoms with van der Waals surface area (Å²) in [4.78, 5) is 8.95. The lowest BCUT2D eigenvalue weighted by atomic mass is 9.98.